The number of hydrogen-bond acceptors (Lipinski definition) is 12. The number of carbonyl (C=O) groups excluding carboxylic acids is 2. The molecule has 8 rings (SSSR count). The van der Waals surface area contributed by atoms with Gasteiger partial charge in [0.2, 0.25) is 0 Å². The van der Waals surface area contributed by atoms with Crippen LogP contribution in [-0.2, 0) is 16.6 Å². The molecule has 0 N–H and O–H groups in total. The number of benzene rings is 4. The predicted molar refractivity (Wildman–Crippen MR) is 226 cm³/mol. The number of hydrogen-bond donors (Lipinski definition) is 0. The van der Waals surface area contributed by atoms with E-state index in [1.807, 2.05) is 125 Å². The zero-order valence-electron chi connectivity index (χ0n) is 32.8. The van der Waals surface area contributed by atoms with Gasteiger partial charge in [0, 0.05) is 0 Å². The van der Waals surface area contributed by atoms with Gasteiger partial charge in [0.05, 0.1) is 0 Å². The molecule has 8 aromatic rings. The van der Waals surface area contributed by atoms with E-state index in [1.165, 1.54) is 6.92 Å². The average Bonchev–Trinajstić information content (AvgIpc) is 3.21. The topological polar surface area (TPSA) is 141 Å². The third-order valence-electron chi connectivity index (χ3n) is 9.25. The minimum atomic E-state index is -4.09. The summed E-state index contributed by atoms with van der Waals surface area (Å²) < 4.78 is 37.6. The molecule has 4 aromatic heterocycles. The fraction of sp³-hybridized carbons (Fsp3) is 0.111. The molecule has 4 aromatic carbocycles. The average molecular weight is 900 g/mol. The predicted octanol–water partition coefficient (Wildman–Crippen LogP) is 8.73. The first-order chi connectivity index (χ1) is 28.6. The summed E-state index contributed by atoms with van der Waals surface area (Å²) in [5.74, 6) is -0.0858. The molecule has 14 heteroatoms. The van der Waals surface area contributed by atoms with Gasteiger partial charge in [-0.25, -0.2) is 0 Å². The Hall–Kier alpha value is -6.33. The van der Waals surface area contributed by atoms with Crippen LogP contribution in [0, 0.1) is 27.7 Å². The van der Waals surface area contributed by atoms with Crippen LogP contribution in [0.25, 0.3) is 43.6 Å². The number of carbonyl (C=O) groups is 2. The molecule has 0 aliphatic rings. The van der Waals surface area contributed by atoms with Crippen molar-refractivity contribution in [3.8, 4) is 23.0 Å². The first-order valence-corrected chi connectivity index (χ1v) is 24.7. The third-order valence-corrected chi connectivity index (χ3v) is 14.7. The van der Waals surface area contributed by atoms with E-state index in [9.17, 15) is 9.59 Å². The van der Waals surface area contributed by atoms with Crippen LogP contribution in [-0.4, -0.2) is 66.5 Å². The summed E-state index contributed by atoms with van der Waals surface area (Å²) in [5.41, 5.74) is 5.47. The summed E-state index contributed by atoms with van der Waals surface area (Å²) in [6.07, 6.45) is 1.05. The maximum atomic E-state index is 13.8. The monoisotopic (exact) mass is 898 g/mol. The van der Waals surface area contributed by atoms with Gasteiger partial charge in [-0.2, -0.15) is 0 Å². The molecule has 0 amide bonds. The van der Waals surface area contributed by atoms with Crippen LogP contribution in [0.5, 0.6) is 23.0 Å². The maximum absolute atomic E-state index is 13.8. The molecule has 0 fully saturated rings. The quantitative estimate of drug-likeness (QED) is 0.0856. The van der Waals surface area contributed by atoms with Crippen LogP contribution < -0.4 is 14.1 Å². The van der Waals surface area contributed by atoms with Crippen LogP contribution in [0.2, 0.25) is 0 Å². The van der Waals surface area contributed by atoms with Crippen LogP contribution in [0.15, 0.2) is 133 Å². The molecule has 0 radical (unpaired) electrons. The zero-order chi connectivity index (χ0) is 41.0. The summed E-state index contributed by atoms with van der Waals surface area (Å²) >= 11 is -8.16. The molecule has 0 spiro atoms. The molecule has 0 saturated heterocycles. The number of rotatable bonds is 12. The molecule has 0 unspecified atom stereocenters. The van der Waals surface area contributed by atoms with Crippen molar-refractivity contribution in [3.63, 3.8) is 0 Å². The first-order valence-electron chi connectivity index (χ1n) is 18.8. The Kier molecular flexibility index (Phi) is 11.6. The summed E-state index contributed by atoms with van der Waals surface area (Å²) in [6, 6.07) is 37.4. The van der Waals surface area contributed by atoms with E-state index in [0.717, 1.165) is 50.4 Å². The molecule has 59 heavy (non-hydrogen) atoms. The van der Waals surface area contributed by atoms with E-state index in [-0.39, 0.29) is 5.57 Å². The van der Waals surface area contributed by atoms with Crippen LogP contribution in [0.3, 0.4) is 0 Å². The molecule has 0 atom stereocenters. The van der Waals surface area contributed by atoms with Crippen molar-refractivity contribution in [2.45, 2.75) is 34.6 Å². The Morgan fingerprint density at radius 2 is 0.746 bits per heavy atom. The molecular weight excluding hydrogens is 864 g/mol. The Balaban J connectivity index is 1.08. The Morgan fingerprint density at radius 1 is 0.441 bits per heavy atom. The minimum absolute atomic E-state index is 0.0531. The van der Waals surface area contributed by atoms with Crippen LogP contribution in [0.4, 0.5) is 0 Å². The van der Waals surface area contributed by atoms with E-state index in [0.29, 0.717) is 45.1 Å². The number of para-hydroxylation sites is 4. The SMILES string of the molecule is C/C(=C/C(=O)[O][Ga]([O]c1cccc2ccc(C)nc12)[O]c1cccc2ccc(C)nc12)C(=O)[O][Ga]([O]c1cccc2ccc(C)nc12)[O]c1cccc2ccc(C)nc12. The van der Waals surface area contributed by atoms with Gasteiger partial charge in [-0.1, -0.05) is 0 Å². The van der Waals surface area contributed by atoms with Crippen LogP contribution >= 0.6 is 0 Å². The fourth-order valence-electron chi connectivity index (χ4n) is 6.35. The van der Waals surface area contributed by atoms with Gasteiger partial charge in [-0.3, -0.25) is 0 Å². The molecule has 0 saturated carbocycles. The number of fused-ring (bicyclic) bond motifs is 4. The summed E-state index contributed by atoms with van der Waals surface area (Å²) in [7, 11) is 0. The normalized spacial score (nSPS) is 11.4. The van der Waals surface area contributed by atoms with E-state index < -0.39 is 46.6 Å². The number of aryl methyl sites for hydroxylation is 4. The van der Waals surface area contributed by atoms with Crippen molar-refractivity contribution in [3.05, 3.63) is 156 Å². The number of aromatic nitrogens is 4. The van der Waals surface area contributed by atoms with Crippen molar-refractivity contribution in [2.24, 2.45) is 0 Å². The summed E-state index contributed by atoms with van der Waals surface area (Å²) in [6.45, 7) is 8.98. The number of pyridine rings is 4. The van der Waals surface area contributed by atoms with Crippen molar-refractivity contribution in [2.75, 3.05) is 0 Å². The van der Waals surface area contributed by atoms with Gasteiger partial charge in [0.1, 0.15) is 0 Å². The molecular formula is C45H36Ga2N4O8. The Bertz CT molecular complexity index is 2770. The van der Waals surface area contributed by atoms with E-state index >= 15 is 0 Å². The van der Waals surface area contributed by atoms with Crippen LogP contribution in [0.1, 0.15) is 29.7 Å². The van der Waals surface area contributed by atoms with Crippen molar-refractivity contribution in [1.29, 1.82) is 0 Å². The molecule has 0 bridgehead atoms. The van der Waals surface area contributed by atoms with Gasteiger partial charge in [-0.15, -0.1) is 0 Å². The van der Waals surface area contributed by atoms with Crippen molar-refractivity contribution < 1.29 is 30.8 Å². The number of nitrogens with zero attached hydrogens (tertiary/aromatic N) is 4. The second-order valence-electron chi connectivity index (χ2n) is 13.8. The molecule has 4 heterocycles. The molecule has 12 nitrogen and oxygen atoms in total. The van der Waals surface area contributed by atoms with Gasteiger partial charge in [0.15, 0.2) is 0 Å². The van der Waals surface area contributed by atoms with E-state index in [4.69, 9.17) is 21.2 Å². The third kappa shape index (κ3) is 9.21. The van der Waals surface area contributed by atoms with Gasteiger partial charge in [0.25, 0.3) is 0 Å². The van der Waals surface area contributed by atoms with E-state index in [2.05, 4.69) is 19.9 Å². The standard InChI is InChI=1S/4C10H9NO.C5H6O4.2Ga/c4*1-7-5-6-8-3-2-4-9(12)10(8)11-7;1-3(5(8)9)2-4(6)7;;/h4*2-6,12H,1H3;2H,1H3,(H,6,7)(H,8,9);;/q;;;;;2*+3/p-6/b;;;;3-2-;;. The molecule has 290 valence electrons. The second kappa shape index (κ2) is 17.3. The fourth-order valence-corrected chi connectivity index (χ4v) is 11.6. The summed E-state index contributed by atoms with van der Waals surface area (Å²) in [5, 5.41) is 3.37. The van der Waals surface area contributed by atoms with Gasteiger partial charge in [-0.05, 0) is 0 Å². The zero-order valence-corrected chi connectivity index (χ0v) is 37.7. The Labute approximate surface area is 352 Å². The molecule has 0 aliphatic heterocycles. The van der Waals surface area contributed by atoms with Gasteiger partial charge >= 0.3 is 354 Å². The van der Waals surface area contributed by atoms with Crippen molar-refractivity contribution in [1.82, 2.24) is 19.9 Å². The first kappa shape index (κ1) is 39.5. The summed E-state index contributed by atoms with van der Waals surface area (Å²) in [4.78, 5) is 46.2. The Morgan fingerprint density at radius 3 is 1.07 bits per heavy atom. The van der Waals surface area contributed by atoms with E-state index in [1.54, 1.807) is 24.3 Å². The van der Waals surface area contributed by atoms with Crippen molar-refractivity contribution >= 4 is 90.2 Å². The molecule has 0 aliphatic carbocycles. The van der Waals surface area contributed by atoms with Gasteiger partial charge < -0.3 is 0 Å². The second-order valence-corrected chi connectivity index (χ2v) is 19.2.